The van der Waals surface area contributed by atoms with Gasteiger partial charge in [-0.05, 0) is 28.8 Å². The Hall–Kier alpha value is -2.29. The first kappa shape index (κ1) is 19.0. The lowest BCUT2D eigenvalue weighted by atomic mass is 9.82. The SMILES string of the molecule is O=C(CCN1C(=O)NC2(CCCCC2)C1=O)Nc1cc2c(cc1Br)OCCO2. The highest BCUT2D eigenvalue weighted by Gasteiger charge is 2.51. The van der Waals surface area contributed by atoms with E-state index in [4.69, 9.17) is 9.47 Å². The number of amides is 4. The lowest BCUT2D eigenvalue weighted by Gasteiger charge is -2.30. The van der Waals surface area contributed by atoms with Crippen molar-refractivity contribution < 1.29 is 23.9 Å². The number of carbonyl (C=O) groups is 3. The lowest BCUT2D eigenvalue weighted by Crippen LogP contribution is -2.48. The summed E-state index contributed by atoms with van der Waals surface area (Å²) in [7, 11) is 0. The van der Waals surface area contributed by atoms with Gasteiger partial charge >= 0.3 is 6.03 Å². The zero-order valence-electron chi connectivity index (χ0n) is 15.4. The van der Waals surface area contributed by atoms with Crippen LogP contribution in [0.1, 0.15) is 38.5 Å². The molecule has 1 aromatic rings. The number of nitrogens with one attached hydrogen (secondary N) is 2. The average Bonchev–Trinajstić information content (AvgIpc) is 2.90. The third-order valence-corrected chi connectivity index (χ3v) is 6.08. The minimum absolute atomic E-state index is 0.0239. The molecule has 1 aliphatic carbocycles. The fourth-order valence-corrected chi connectivity index (χ4v) is 4.38. The summed E-state index contributed by atoms with van der Waals surface area (Å²) in [6.45, 7) is 0.995. The number of fused-ring (bicyclic) bond motifs is 1. The van der Waals surface area contributed by atoms with Crippen LogP contribution in [0.25, 0.3) is 0 Å². The minimum Gasteiger partial charge on any atom is -0.486 e. The molecule has 0 bridgehead atoms. The molecule has 9 heteroatoms. The first-order chi connectivity index (χ1) is 13.5. The number of halogens is 1. The van der Waals surface area contributed by atoms with E-state index in [1.807, 2.05) is 0 Å². The summed E-state index contributed by atoms with van der Waals surface area (Å²) in [6.07, 6.45) is 4.31. The Balaban J connectivity index is 1.37. The van der Waals surface area contributed by atoms with Crippen LogP contribution in [0.15, 0.2) is 16.6 Å². The second-order valence-corrected chi connectivity index (χ2v) is 8.16. The second-order valence-electron chi connectivity index (χ2n) is 7.30. The molecule has 1 saturated heterocycles. The number of carbonyl (C=O) groups excluding carboxylic acids is 3. The molecule has 4 amide bonds. The van der Waals surface area contributed by atoms with Crippen molar-refractivity contribution in [2.45, 2.75) is 44.1 Å². The molecule has 2 heterocycles. The Morgan fingerprint density at radius 1 is 1.14 bits per heavy atom. The summed E-state index contributed by atoms with van der Waals surface area (Å²) in [5.41, 5.74) is -0.208. The van der Waals surface area contributed by atoms with Crippen LogP contribution in [0.4, 0.5) is 10.5 Å². The Morgan fingerprint density at radius 2 is 1.82 bits per heavy atom. The monoisotopic (exact) mass is 451 g/mol. The van der Waals surface area contributed by atoms with Gasteiger partial charge in [-0.1, -0.05) is 19.3 Å². The normalized spacial score (nSPS) is 20.2. The van der Waals surface area contributed by atoms with Gasteiger partial charge in [0.25, 0.3) is 5.91 Å². The molecule has 0 aromatic heterocycles. The molecular weight excluding hydrogens is 430 g/mol. The standard InChI is InChI=1S/C19H22BrN3O5/c20-12-10-14-15(28-9-8-27-14)11-13(12)21-16(24)4-7-23-17(25)19(22-18(23)26)5-2-1-3-6-19/h10-11H,1-9H2,(H,21,24)(H,22,26). The molecule has 2 fully saturated rings. The topological polar surface area (TPSA) is 97.0 Å². The Bertz CT molecular complexity index is 822. The Kier molecular flexibility index (Phi) is 5.18. The molecule has 0 unspecified atom stereocenters. The van der Waals surface area contributed by atoms with E-state index >= 15 is 0 Å². The maximum Gasteiger partial charge on any atom is 0.325 e. The largest absolute Gasteiger partial charge is 0.486 e. The molecule has 1 saturated carbocycles. The van der Waals surface area contributed by atoms with Gasteiger partial charge in [0.1, 0.15) is 18.8 Å². The van der Waals surface area contributed by atoms with Crippen molar-refractivity contribution >= 4 is 39.5 Å². The Labute approximate surface area is 171 Å². The van der Waals surface area contributed by atoms with E-state index < -0.39 is 11.6 Å². The highest BCUT2D eigenvalue weighted by atomic mass is 79.9. The smallest absolute Gasteiger partial charge is 0.325 e. The van der Waals surface area contributed by atoms with Gasteiger partial charge in [-0.3, -0.25) is 14.5 Å². The van der Waals surface area contributed by atoms with Crippen molar-refractivity contribution in [2.75, 3.05) is 25.1 Å². The van der Waals surface area contributed by atoms with Crippen molar-refractivity contribution in [1.82, 2.24) is 10.2 Å². The highest BCUT2D eigenvalue weighted by Crippen LogP contribution is 2.38. The number of nitrogens with zero attached hydrogens (tertiary/aromatic N) is 1. The molecule has 8 nitrogen and oxygen atoms in total. The number of ether oxygens (including phenoxy) is 2. The first-order valence-electron chi connectivity index (χ1n) is 9.52. The highest BCUT2D eigenvalue weighted by molar-refractivity contribution is 9.10. The van der Waals surface area contributed by atoms with Gasteiger partial charge in [0.05, 0.1) is 5.69 Å². The number of benzene rings is 1. The number of anilines is 1. The van der Waals surface area contributed by atoms with E-state index in [0.29, 0.717) is 47.7 Å². The third-order valence-electron chi connectivity index (χ3n) is 5.42. The average molecular weight is 452 g/mol. The van der Waals surface area contributed by atoms with Crippen molar-refractivity contribution in [2.24, 2.45) is 0 Å². The van der Waals surface area contributed by atoms with Gasteiger partial charge < -0.3 is 20.1 Å². The maximum atomic E-state index is 12.8. The fourth-order valence-electron chi connectivity index (χ4n) is 3.96. The van der Waals surface area contributed by atoms with Crippen molar-refractivity contribution in [3.05, 3.63) is 16.6 Å². The first-order valence-corrected chi connectivity index (χ1v) is 10.3. The lowest BCUT2D eigenvalue weighted by molar-refractivity contribution is -0.132. The summed E-state index contributed by atoms with van der Waals surface area (Å²) in [5, 5.41) is 5.65. The van der Waals surface area contributed by atoms with E-state index in [9.17, 15) is 14.4 Å². The number of imide groups is 1. The molecule has 2 aliphatic heterocycles. The molecule has 28 heavy (non-hydrogen) atoms. The van der Waals surface area contributed by atoms with Crippen LogP contribution in [0, 0.1) is 0 Å². The molecule has 1 aromatic carbocycles. The summed E-state index contributed by atoms with van der Waals surface area (Å²) in [4.78, 5) is 38.6. The van der Waals surface area contributed by atoms with Crippen LogP contribution in [0.3, 0.4) is 0 Å². The predicted octanol–water partition coefficient (Wildman–Crippen LogP) is 2.80. The van der Waals surface area contributed by atoms with Crippen LogP contribution >= 0.6 is 15.9 Å². The minimum atomic E-state index is -0.759. The molecule has 1 spiro atoms. The molecule has 4 rings (SSSR count). The van der Waals surface area contributed by atoms with Gasteiger partial charge in [0.2, 0.25) is 5.91 Å². The van der Waals surface area contributed by atoms with Gasteiger partial charge in [-0.25, -0.2) is 4.79 Å². The van der Waals surface area contributed by atoms with Crippen molar-refractivity contribution in [3.8, 4) is 11.5 Å². The molecule has 3 aliphatic rings. The number of rotatable bonds is 4. The zero-order chi connectivity index (χ0) is 19.7. The van der Waals surface area contributed by atoms with Crippen LogP contribution in [-0.2, 0) is 9.59 Å². The quantitative estimate of drug-likeness (QED) is 0.685. The van der Waals surface area contributed by atoms with Gasteiger partial charge in [-0.2, -0.15) is 0 Å². The van der Waals surface area contributed by atoms with E-state index in [1.54, 1.807) is 12.1 Å². The summed E-state index contributed by atoms with van der Waals surface area (Å²) < 4.78 is 11.7. The van der Waals surface area contributed by atoms with Crippen molar-refractivity contribution in [3.63, 3.8) is 0 Å². The number of urea groups is 1. The molecule has 2 N–H and O–H groups in total. The zero-order valence-corrected chi connectivity index (χ0v) is 17.0. The van der Waals surface area contributed by atoms with Crippen LogP contribution < -0.4 is 20.1 Å². The van der Waals surface area contributed by atoms with Gasteiger partial charge in [-0.15, -0.1) is 0 Å². The van der Waals surface area contributed by atoms with E-state index in [1.165, 1.54) is 4.90 Å². The maximum absolute atomic E-state index is 12.8. The second kappa shape index (κ2) is 7.62. The molecule has 150 valence electrons. The summed E-state index contributed by atoms with van der Waals surface area (Å²) in [5.74, 6) is 0.694. The van der Waals surface area contributed by atoms with E-state index in [-0.39, 0.29) is 24.8 Å². The molecular formula is C19H22BrN3O5. The van der Waals surface area contributed by atoms with Crippen LogP contribution in [-0.4, -0.2) is 48.0 Å². The van der Waals surface area contributed by atoms with Gasteiger partial charge in [0.15, 0.2) is 11.5 Å². The third kappa shape index (κ3) is 3.55. The van der Waals surface area contributed by atoms with Crippen LogP contribution in [0.2, 0.25) is 0 Å². The summed E-state index contributed by atoms with van der Waals surface area (Å²) >= 11 is 3.41. The number of hydrogen-bond donors (Lipinski definition) is 2. The van der Waals surface area contributed by atoms with Crippen LogP contribution in [0.5, 0.6) is 11.5 Å². The summed E-state index contributed by atoms with van der Waals surface area (Å²) in [6, 6.07) is 3.04. The van der Waals surface area contributed by atoms with E-state index in [0.717, 1.165) is 19.3 Å². The predicted molar refractivity (Wildman–Crippen MR) is 104 cm³/mol. The molecule has 0 radical (unpaired) electrons. The van der Waals surface area contributed by atoms with Crippen molar-refractivity contribution in [1.29, 1.82) is 0 Å². The Morgan fingerprint density at radius 3 is 2.54 bits per heavy atom. The number of hydrogen-bond acceptors (Lipinski definition) is 5. The van der Waals surface area contributed by atoms with E-state index in [2.05, 4.69) is 26.6 Å². The van der Waals surface area contributed by atoms with Gasteiger partial charge in [0, 0.05) is 29.6 Å². The fraction of sp³-hybridized carbons (Fsp3) is 0.526. The molecule has 0 atom stereocenters.